The Kier molecular flexibility index (Phi) is 2.66. The number of aromatic nitrogens is 3. The van der Waals surface area contributed by atoms with Gasteiger partial charge in [-0.2, -0.15) is 0 Å². The third kappa shape index (κ3) is 1.73. The molecule has 0 N–H and O–H groups in total. The smallest absolute Gasteiger partial charge is 0.213 e. The number of carbonyl (C=O) groups excluding carboxylic acids is 1. The Morgan fingerprint density at radius 2 is 2.33 bits per heavy atom. The molecule has 0 fully saturated rings. The lowest BCUT2D eigenvalue weighted by Gasteiger charge is -2.04. The Hall–Kier alpha value is -1.69. The molecular weight excluding hydrogens is 298 g/mol. The normalized spacial score (nSPS) is 13.2. The largest absolute Gasteiger partial charge is 0.493 e. The third-order valence-electron chi connectivity index (χ3n) is 2.95. The number of hydrogen-bond donors (Lipinski definition) is 0. The lowest BCUT2D eigenvalue weighted by atomic mass is 10.0. The fourth-order valence-electron chi connectivity index (χ4n) is 2.04. The summed E-state index contributed by atoms with van der Waals surface area (Å²) in [4.78, 5) is 12.4. The van der Waals surface area contributed by atoms with Crippen molar-refractivity contribution in [1.82, 2.24) is 15.0 Å². The zero-order chi connectivity index (χ0) is 12.7. The molecule has 1 aliphatic rings. The summed E-state index contributed by atoms with van der Waals surface area (Å²) in [5.74, 6) is 0.776. The highest BCUT2D eigenvalue weighted by atomic mass is 79.9. The van der Waals surface area contributed by atoms with Crippen LogP contribution in [-0.2, 0) is 13.5 Å². The minimum atomic E-state index is -0.0934. The van der Waals surface area contributed by atoms with Crippen LogP contribution in [-0.4, -0.2) is 27.4 Å². The predicted molar refractivity (Wildman–Crippen MR) is 67.8 cm³/mol. The number of rotatable bonds is 2. The van der Waals surface area contributed by atoms with E-state index in [1.165, 1.54) is 4.68 Å². The second-order valence-electron chi connectivity index (χ2n) is 4.10. The van der Waals surface area contributed by atoms with Gasteiger partial charge in [0.25, 0.3) is 0 Å². The average molecular weight is 308 g/mol. The van der Waals surface area contributed by atoms with E-state index in [9.17, 15) is 4.79 Å². The van der Waals surface area contributed by atoms with E-state index in [4.69, 9.17) is 4.74 Å². The Morgan fingerprint density at radius 1 is 1.50 bits per heavy atom. The van der Waals surface area contributed by atoms with E-state index in [1.54, 1.807) is 13.1 Å². The van der Waals surface area contributed by atoms with Crippen LogP contribution in [0.25, 0.3) is 0 Å². The highest BCUT2D eigenvalue weighted by Crippen LogP contribution is 2.27. The van der Waals surface area contributed by atoms with Gasteiger partial charge < -0.3 is 4.74 Å². The lowest BCUT2D eigenvalue weighted by molar-refractivity contribution is 0.102. The van der Waals surface area contributed by atoms with Gasteiger partial charge >= 0.3 is 0 Å². The standard InChI is InChI=1S/C12H10BrN3O2/c1-16-10(12(13)14-15-16)11(17)8-2-3-9-7(6-8)4-5-18-9/h2-3,6H,4-5H2,1H3. The van der Waals surface area contributed by atoms with Crippen molar-refractivity contribution in [1.29, 1.82) is 0 Å². The maximum Gasteiger partial charge on any atom is 0.213 e. The molecule has 1 aromatic carbocycles. The highest BCUT2D eigenvalue weighted by Gasteiger charge is 2.21. The van der Waals surface area contributed by atoms with Gasteiger partial charge in [-0.05, 0) is 39.7 Å². The molecule has 0 radical (unpaired) electrons. The minimum absolute atomic E-state index is 0.0934. The zero-order valence-electron chi connectivity index (χ0n) is 9.68. The first kappa shape index (κ1) is 11.4. The van der Waals surface area contributed by atoms with Crippen LogP contribution >= 0.6 is 15.9 Å². The van der Waals surface area contributed by atoms with Crippen LogP contribution in [0.2, 0.25) is 0 Å². The summed E-state index contributed by atoms with van der Waals surface area (Å²) in [5.41, 5.74) is 2.16. The highest BCUT2D eigenvalue weighted by molar-refractivity contribution is 9.10. The molecule has 0 unspecified atom stereocenters. The molecule has 0 aliphatic carbocycles. The van der Waals surface area contributed by atoms with Crippen molar-refractivity contribution in [3.8, 4) is 5.75 Å². The zero-order valence-corrected chi connectivity index (χ0v) is 11.3. The summed E-state index contributed by atoms with van der Waals surface area (Å²) >= 11 is 3.24. The number of ether oxygens (including phenoxy) is 1. The van der Waals surface area contributed by atoms with Crippen LogP contribution in [0.5, 0.6) is 5.75 Å². The first-order chi connectivity index (χ1) is 8.66. The first-order valence-electron chi connectivity index (χ1n) is 5.52. The third-order valence-corrected chi connectivity index (χ3v) is 3.49. The number of aryl methyl sites for hydroxylation is 1. The molecule has 6 heteroatoms. The number of nitrogens with zero attached hydrogens (tertiary/aromatic N) is 3. The van der Waals surface area contributed by atoms with Crippen LogP contribution in [0.1, 0.15) is 21.6 Å². The van der Waals surface area contributed by atoms with Crippen LogP contribution in [0.15, 0.2) is 22.8 Å². The first-order valence-corrected chi connectivity index (χ1v) is 6.31. The second kappa shape index (κ2) is 4.20. The van der Waals surface area contributed by atoms with Crippen LogP contribution in [0.3, 0.4) is 0 Å². The fraction of sp³-hybridized carbons (Fsp3) is 0.250. The fourth-order valence-corrected chi connectivity index (χ4v) is 2.54. The van der Waals surface area contributed by atoms with Gasteiger partial charge in [-0.3, -0.25) is 4.79 Å². The molecule has 1 aliphatic heterocycles. The van der Waals surface area contributed by atoms with Crippen molar-refractivity contribution in [3.05, 3.63) is 39.6 Å². The van der Waals surface area contributed by atoms with E-state index in [-0.39, 0.29) is 5.78 Å². The van der Waals surface area contributed by atoms with Crippen molar-refractivity contribution in [3.63, 3.8) is 0 Å². The maximum absolute atomic E-state index is 12.4. The van der Waals surface area contributed by atoms with Crippen LogP contribution in [0, 0.1) is 0 Å². The quantitative estimate of drug-likeness (QED) is 0.793. The van der Waals surface area contributed by atoms with E-state index in [1.807, 2.05) is 12.1 Å². The SMILES string of the molecule is Cn1nnc(Br)c1C(=O)c1ccc2c(c1)CCO2. The van der Waals surface area contributed by atoms with E-state index in [0.29, 0.717) is 22.5 Å². The Morgan fingerprint density at radius 3 is 3.06 bits per heavy atom. The van der Waals surface area contributed by atoms with Gasteiger partial charge in [0.05, 0.1) is 6.61 Å². The van der Waals surface area contributed by atoms with E-state index in [2.05, 4.69) is 26.2 Å². The predicted octanol–water partition coefficient (Wildman–Crippen LogP) is 1.74. The number of carbonyl (C=O) groups is 1. The molecule has 0 atom stereocenters. The number of hydrogen-bond acceptors (Lipinski definition) is 4. The molecule has 0 saturated carbocycles. The van der Waals surface area contributed by atoms with Crippen molar-refractivity contribution in [2.24, 2.45) is 7.05 Å². The summed E-state index contributed by atoms with van der Waals surface area (Å²) in [6.07, 6.45) is 0.848. The number of fused-ring (bicyclic) bond motifs is 1. The second-order valence-corrected chi connectivity index (χ2v) is 4.85. The molecule has 0 saturated heterocycles. The maximum atomic E-state index is 12.4. The minimum Gasteiger partial charge on any atom is -0.493 e. The summed E-state index contributed by atoms with van der Waals surface area (Å²) in [7, 11) is 1.70. The van der Waals surface area contributed by atoms with Crippen molar-refractivity contribution in [2.75, 3.05) is 6.61 Å². The summed E-state index contributed by atoms with van der Waals surface area (Å²) in [5, 5.41) is 7.63. The van der Waals surface area contributed by atoms with Gasteiger partial charge in [-0.25, -0.2) is 4.68 Å². The van der Waals surface area contributed by atoms with Gasteiger partial charge in [0.2, 0.25) is 5.78 Å². The summed E-state index contributed by atoms with van der Waals surface area (Å²) < 4.78 is 7.35. The van der Waals surface area contributed by atoms with Crippen molar-refractivity contribution in [2.45, 2.75) is 6.42 Å². The molecular formula is C12H10BrN3O2. The van der Waals surface area contributed by atoms with Gasteiger partial charge in [0.15, 0.2) is 4.60 Å². The Bertz CT molecular complexity index is 617. The van der Waals surface area contributed by atoms with Crippen molar-refractivity contribution >= 4 is 21.7 Å². The van der Waals surface area contributed by atoms with E-state index < -0.39 is 0 Å². The monoisotopic (exact) mass is 307 g/mol. The van der Waals surface area contributed by atoms with Crippen LogP contribution < -0.4 is 4.74 Å². The van der Waals surface area contributed by atoms with Gasteiger partial charge in [-0.1, -0.05) is 5.21 Å². The number of benzene rings is 1. The molecule has 3 rings (SSSR count). The summed E-state index contributed by atoms with van der Waals surface area (Å²) in [6.45, 7) is 0.684. The van der Waals surface area contributed by atoms with Gasteiger partial charge in [0.1, 0.15) is 11.4 Å². The van der Waals surface area contributed by atoms with E-state index >= 15 is 0 Å². The van der Waals surface area contributed by atoms with Gasteiger partial charge in [-0.15, -0.1) is 5.10 Å². The molecule has 2 heterocycles. The topological polar surface area (TPSA) is 57.0 Å². The molecule has 2 aromatic rings. The summed E-state index contributed by atoms with van der Waals surface area (Å²) in [6, 6.07) is 5.49. The molecule has 0 amide bonds. The van der Waals surface area contributed by atoms with Crippen LogP contribution in [0.4, 0.5) is 0 Å². The van der Waals surface area contributed by atoms with Crippen molar-refractivity contribution < 1.29 is 9.53 Å². The van der Waals surface area contributed by atoms with E-state index in [0.717, 1.165) is 17.7 Å². The molecule has 18 heavy (non-hydrogen) atoms. The number of ketones is 1. The molecule has 1 aromatic heterocycles. The van der Waals surface area contributed by atoms with Gasteiger partial charge in [0, 0.05) is 19.0 Å². The average Bonchev–Trinajstić information content (AvgIpc) is 2.94. The number of halogens is 1. The lowest BCUT2D eigenvalue weighted by Crippen LogP contribution is -2.09. The molecule has 92 valence electrons. The Balaban J connectivity index is 2.03. The molecule has 0 bridgehead atoms. The molecule has 0 spiro atoms. The molecule has 5 nitrogen and oxygen atoms in total. The Labute approximate surface area is 112 Å².